The van der Waals surface area contributed by atoms with Crippen LogP contribution < -0.4 is 0 Å². The maximum atomic E-state index is 13.0. The molecule has 0 amide bonds. The molecule has 214 valence electrons. The van der Waals surface area contributed by atoms with E-state index in [4.69, 9.17) is 0 Å². The lowest BCUT2D eigenvalue weighted by molar-refractivity contribution is 0.0817. The highest BCUT2D eigenvalue weighted by atomic mass is 28.3. The summed E-state index contributed by atoms with van der Waals surface area (Å²) in [6.07, 6.45) is 0. The lowest BCUT2D eigenvalue weighted by Gasteiger charge is -2.38. The van der Waals surface area contributed by atoms with Crippen molar-refractivity contribution < 1.29 is 9.59 Å². The molecule has 0 atom stereocenters. The molecule has 0 saturated heterocycles. The second kappa shape index (κ2) is 13.8. The molecular weight excluding hydrogens is 521 g/mol. The zero-order chi connectivity index (χ0) is 30.4. The molecule has 0 unspecified atom stereocenters. The molecule has 2 rings (SSSR count). The Morgan fingerprint density at radius 1 is 0.450 bits per heavy atom. The summed E-state index contributed by atoms with van der Waals surface area (Å²) in [5.74, 6) is 5.82. The molecule has 0 radical (unpaired) electrons. The van der Waals surface area contributed by atoms with E-state index in [0.717, 1.165) is 11.1 Å². The van der Waals surface area contributed by atoms with Gasteiger partial charge in [-0.1, -0.05) is 94.9 Å². The average Bonchev–Trinajstić information content (AvgIpc) is 2.88. The lowest BCUT2D eigenvalue weighted by Crippen LogP contribution is -2.43. The molecule has 0 heterocycles. The van der Waals surface area contributed by atoms with Crippen LogP contribution in [-0.4, -0.2) is 27.7 Å². The molecule has 0 aromatic heterocycles. The Morgan fingerprint density at radius 2 is 0.675 bits per heavy atom. The normalized spacial score (nSPS) is 12.2. The summed E-state index contributed by atoms with van der Waals surface area (Å²) >= 11 is 0. The minimum atomic E-state index is -1.84. The van der Waals surface area contributed by atoms with Crippen LogP contribution in [0.1, 0.15) is 115 Å². The van der Waals surface area contributed by atoms with Crippen molar-refractivity contribution in [3.63, 3.8) is 0 Å². The van der Waals surface area contributed by atoms with Gasteiger partial charge < -0.3 is 0 Å². The van der Waals surface area contributed by atoms with Crippen LogP contribution in [0.4, 0.5) is 0 Å². The maximum absolute atomic E-state index is 13.0. The second-order valence-corrected chi connectivity index (χ2v) is 24.3. The fourth-order valence-corrected chi connectivity index (χ4v) is 17.4. The molecule has 0 spiro atoms. The summed E-state index contributed by atoms with van der Waals surface area (Å²) in [6, 6.07) is 14.3. The quantitative estimate of drug-likeness (QED) is 0.130. The molecule has 40 heavy (non-hydrogen) atoms. The van der Waals surface area contributed by atoms with Crippen LogP contribution in [0.15, 0.2) is 48.5 Å². The third-order valence-electron chi connectivity index (χ3n) is 9.08. The number of carbonyl (C=O) groups is 2. The number of ketones is 2. The number of carbonyl (C=O) groups excluding carboxylic acids is 2. The van der Waals surface area contributed by atoms with Crippen LogP contribution in [0.2, 0.25) is 33.2 Å². The number of rotatable bonds is 9. The Balaban J connectivity index is 2.26. The minimum absolute atomic E-state index is 0.390. The zero-order valence-electron chi connectivity index (χ0n) is 26.9. The van der Waals surface area contributed by atoms with Gasteiger partial charge in [-0.2, -0.15) is 0 Å². The summed E-state index contributed by atoms with van der Waals surface area (Å²) in [5, 5.41) is 0. The van der Waals surface area contributed by atoms with Gasteiger partial charge in [0.15, 0.2) is 0 Å². The molecular formula is C36H50O2Si2. The van der Waals surface area contributed by atoms with Gasteiger partial charge in [-0.25, -0.2) is 0 Å². The number of hydrogen-bond acceptors (Lipinski definition) is 2. The average molecular weight is 571 g/mol. The Kier molecular flexibility index (Phi) is 11.6. The molecule has 0 aliphatic heterocycles. The summed E-state index contributed by atoms with van der Waals surface area (Å²) in [4.78, 5) is 26.0. The number of Topliss-reactive ketones (excluding diaryl/α,β-unsaturated/α-hetero) is 2. The summed E-state index contributed by atoms with van der Waals surface area (Å²) in [7, 11) is -3.67. The van der Waals surface area contributed by atoms with Gasteiger partial charge in [-0.15, -0.1) is 11.1 Å². The Bertz CT molecular complexity index is 1140. The van der Waals surface area contributed by atoms with E-state index in [0.29, 0.717) is 44.4 Å². The van der Waals surface area contributed by atoms with Gasteiger partial charge in [0.25, 0.3) is 0 Å². The summed E-state index contributed by atoms with van der Waals surface area (Å²) in [5.41, 5.74) is 13.3. The van der Waals surface area contributed by atoms with Crippen molar-refractivity contribution in [1.82, 2.24) is 0 Å². The molecule has 2 aromatic carbocycles. The monoisotopic (exact) mass is 570 g/mol. The van der Waals surface area contributed by atoms with E-state index in [2.05, 4.69) is 106 Å². The first-order valence-corrected chi connectivity index (χ1v) is 19.4. The van der Waals surface area contributed by atoms with E-state index >= 15 is 0 Å². The molecule has 0 bridgehead atoms. The topological polar surface area (TPSA) is 34.1 Å². The Labute approximate surface area is 246 Å². The van der Waals surface area contributed by atoms with Crippen LogP contribution in [-0.2, 0) is 0 Å². The smallest absolute Gasteiger partial charge is 0.233 e. The molecule has 4 heteroatoms. The zero-order valence-corrected chi connectivity index (χ0v) is 28.9. The molecule has 2 nitrogen and oxygen atoms in total. The van der Waals surface area contributed by atoms with Crippen molar-refractivity contribution >= 4 is 27.7 Å². The summed E-state index contributed by atoms with van der Waals surface area (Å²) < 4.78 is 0. The fraction of sp³-hybridized carbons (Fsp3) is 0.500. The van der Waals surface area contributed by atoms with Gasteiger partial charge in [0.05, 0.1) is 0 Å². The van der Waals surface area contributed by atoms with Crippen molar-refractivity contribution in [1.29, 1.82) is 0 Å². The van der Waals surface area contributed by atoms with Gasteiger partial charge in [-0.3, -0.25) is 9.59 Å². The number of hydrogen-bond donors (Lipinski definition) is 0. The Hall–Kier alpha value is -2.67. The predicted octanol–water partition coefficient (Wildman–Crippen LogP) is 9.89. The van der Waals surface area contributed by atoms with E-state index in [9.17, 15) is 9.59 Å². The second-order valence-electron chi connectivity index (χ2n) is 13.1. The van der Waals surface area contributed by atoms with Crippen molar-refractivity contribution in [3.05, 3.63) is 70.8 Å². The molecule has 2 aromatic rings. The van der Waals surface area contributed by atoms with Gasteiger partial charge in [0.1, 0.15) is 16.1 Å². The number of benzene rings is 2. The molecule has 0 aliphatic rings. The van der Waals surface area contributed by atoms with E-state index in [1.54, 1.807) is 24.3 Å². The highest BCUT2D eigenvalue weighted by Gasteiger charge is 2.42. The maximum Gasteiger partial charge on any atom is 0.233 e. The third kappa shape index (κ3) is 6.96. The highest BCUT2D eigenvalue weighted by Crippen LogP contribution is 2.41. The standard InChI is InChI=1S/C36H50O2Si2/c1-25(2)39(26(3)4,27(5)6)23-21-31-13-17-33(18-14-31)35(37)36(38)34-19-15-32(16-20-34)22-24-40(28(7)8,29(9)10)30(11)12/h13-20,25-30H,1-12H3. The van der Waals surface area contributed by atoms with E-state index < -0.39 is 27.7 Å². The highest BCUT2D eigenvalue weighted by molar-refractivity contribution is 6.91. The van der Waals surface area contributed by atoms with Crippen LogP contribution in [0, 0.1) is 22.9 Å². The first kappa shape index (κ1) is 33.5. The molecule has 0 N–H and O–H groups in total. The first-order valence-electron chi connectivity index (χ1n) is 15.0. The van der Waals surface area contributed by atoms with Crippen molar-refractivity contribution in [2.45, 2.75) is 116 Å². The fourth-order valence-electron chi connectivity index (χ4n) is 6.90. The van der Waals surface area contributed by atoms with Gasteiger partial charge in [0, 0.05) is 22.3 Å². The lowest BCUT2D eigenvalue weighted by atomic mass is 10.00. The van der Waals surface area contributed by atoms with Gasteiger partial charge in [-0.05, 0) is 81.8 Å². The van der Waals surface area contributed by atoms with E-state index in [1.807, 2.05) is 24.3 Å². The van der Waals surface area contributed by atoms with Gasteiger partial charge >= 0.3 is 0 Å². The van der Waals surface area contributed by atoms with Crippen molar-refractivity contribution in [2.75, 3.05) is 0 Å². The van der Waals surface area contributed by atoms with Crippen molar-refractivity contribution in [2.24, 2.45) is 0 Å². The SMILES string of the molecule is CC(C)[Si](C#Cc1ccc(C(=O)C(=O)c2ccc(C#C[Si](C(C)C)(C(C)C)C(C)C)cc2)cc1)(C(C)C)C(C)C. The van der Waals surface area contributed by atoms with Crippen LogP contribution in [0.5, 0.6) is 0 Å². The molecule has 0 saturated carbocycles. The van der Waals surface area contributed by atoms with Gasteiger partial charge in [0.2, 0.25) is 11.6 Å². The largest absolute Gasteiger partial charge is 0.285 e. The summed E-state index contributed by atoms with van der Waals surface area (Å²) in [6.45, 7) is 27.6. The van der Waals surface area contributed by atoms with E-state index in [1.165, 1.54) is 0 Å². The first-order chi connectivity index (χ1) is 18.6. The predicted molar refractivity (Wildman–Crippen MR) is 177 cm³/mol. The van der Waals surface area contributed by atoms with Crippen LogP contribution >= 0.6 is 0 Å². The molecule has 0 aliphatic carbocycles. The third-order valence-corrected chi connectivity index (χ3v) is 21.7. The van der Waals surface area contributed by atoms with Crippen LogP contribution in [0.25, 0.3) is 0 Å². The minimum Gasteiger partial charge on any atom is -0.285 e. The molecule has 0 fully saturated rings. The van der Waals surface area contributed by atoms with Crippen molar-refractivity contribution in [3.8, 4) is 22.9 Å². The van der Waals surface area contributed by atoms with E-state index in [-0.39, 0.29) is 0 Å². The van der Waals surface area contributed by atoms with Crippen LogP contribution in [0.3, 0.4) is 0 Å². The Morgan fingerprint density at radius 3 is 0.875 bits per heavy atom.